The molecular formula is C19H29N2O8P. The van der Waals surface area contributed by atoms with Crippen LogP contribution in [0.1, 0.15) is 63.9 Å². The average Bonchev–Trinajstić information content (AvgIpc) is 3.24. The number of rotatable bonds is 11. The van der Waals surface area contributed by atoms with E-state index in [-0.39, 0.29) is 12.1 Å². The predicted molar refractivity (Wildman–Crippen MR) is 108 cm³/mol. The summed E-state index contributed by atoms with van der Waals surface area (Å²) in [7, 11) is -4.68. The molecule has 11 heteroatoms. The summed E-state index contributed by atoms with van der Waals surface area (Å²) in [5, 5.41) is 10.7. The van der Waals surface area contributed by atoms with Gasteiger partial charge in [-0.05, 0) is 12.5 Å². The Labute approximate surface area is 174 Å². The van der Waals surface area contributed by atoms with Gasteiger partial charge < -0.3 is 24.0 Å². The highest BCUT2D eigenvalue weighted by Crippen LogP contribution is 2.38. The van der Waals surface area contributed by atoms with Crippen LogP contribution in [-0.2, 0) is 20.2 Å². The van der Waals surface area contributed by atoms with E-state index in [9.17, 15) is 14.5 Å². The maximum absolute atomic E-state index is 12.4. The van der Waals surface area contributed by atoms with Crippen LogP contribution in [0.2, 0.25) is 0 Å². The van der Waals surface area contributed by atoms with Crippen molar-refractivity contribution in [2.24, 2.45) is 0 Å². The number of aryl methyl sites for hydroxylation is 1. The van der Waals surface area contributed by atoms with Crippen LogP contribution in [0.25, 0.3) is 11.1 Å². The van der Waals surface area contributed by atoms with Crippen molar-refractivity contribution in [1.82, 2.24) is 9.55 Å². The molecule has 0 aliphatic carbocycles. The molecule has 3 atom stereocenters. The van der Waals surface area contributed by atoms with Crippen LogP contribution in [0.3, 0.4) is 0 Å². The number of furan rings is 1. The molecule has 1 saturated heterocycles. The Balaban J connectivity index is 1.63. The minimum atomic E-state index is -4.68. The lowest BCUT2D eigenvalue weighted by Crippen LogP contribution is -2.27. The fourth-order valence-corrected chi connectivity index (χ4v) is 3.93. The number of aliphatic hydroxyl groups excluding tert-OH is 1. The summed E-state index contributed by atoms with van der Waals surface area (Å²) in [5.41, 5.74) is -0.325. The molecule has 0 spiro atoms. The van der Waals surface area contributed by atoms with Crippen molar-refractivity contribution in [1.29, 1.82) is 0 Å². The van der Waals surface area contributed by atoms with E-state index in [0.29, 0.717) is 5.39 Å². The standard InChI is InChI=1S/C19H29N2O8P/c1-2-3-4-5-6-7-8-14-9-13-11-21(19(23)20-18(13)28-14)17-10-15(22)16(29-17)12-27-30(24,25)26/h9,11,15-17,22H,2-8,10,12H2,1H3,(H2,24,25,26)/t15-,16+,17+/m0/s1. The van der Waals surface area contributed by atoms with Crippen molar-refractivity contribution in [3.63, 3.8) is 0 Å². The van der Waals surface area contributed by atoms with E-state index in [1.54, 1.807) is 6.20 Å². The predicted octanol–water partition coefficient (Wildman–Crippen LogP) is 2.65. The molecule has 3 rings (SSSR count). The second-order valence-corrected chi connectivity index (χ2v) is 8.88. The summed E-state index contributed by atoms with van der Waals surface area (Å²) in [4.78, 5) is 34.0. The third-order valence-corrected chi connectivity index (χ3v) is 5.67. The van der Waals surface area contributed by atoms with E-state index in [0.717, 1.165) is 25.0 Å². The number of phosphoric acid groups is 1. The molecule has 0 radical (unpaired) electrons. The van der Waals surface area contributed by atoms with Crippen LogP contribution in [-0.4, -0.2) is 43.3 Å². The normalized spacial score (nSPS) is 22.2. The molecule has 30 heavy (non-hydrogen) atoms. The second kappa shape index (κ2) is 10.2. The smallest absolute Gasteiger partial charge is 0.443 e. The highest BCUT2D eigenvalue weighted by atomic mass is 31.2. The first-order valence-electron chi connectivity index (χ1n) is 10.3. The molecule has 0 bridgehead atoms. The summed E-state index contributed by atoms with van der Waals surface area (Å²) in [6, 6.07) is 1.85. The fourth-order valence-electron chi connectivity index (χ4n) is 3.59. The molecule has 0 aromatic carbocycles. The van der Waals surface area contributed by atoms with E-state index >= 15 is 0 Å². The van der Waals surface area contributed by atoms with Crippen molar-refractivity contribution in [2.45, 2.75) is 76.7 Å². The first-order chi connectivity index (χ1) is 14.3. The van der Waals surface area contributed by atoms with E-state index in [1.807, 2.05) is 6.07 Å². The number of phosphoric ester groups is 1. The van der Waals surface area contributed by atoms with Crippen molar-refractivity contribution in [3.05, 3.63) is 28.5 Å². The third kappa shape index (κ3) is 6.23. The van der Waals surface area contributed by atoms with Gasteiger partial charge in [-0.2, -0.15) is 4.98 Å². The van der Waals surface area contributed by atoms with Crippen LogP contribution in [0.5, 0.6) is 0 Å². The zero-order valence-corrected chi connectivity index (χ0v) is 17.9. The minimum Gasteiger partial charge on any atom is -0.443 e. The number of ether oxygens (including phenoxy) is 1. The van der Waals surface area contributed by atoms with Gasteiger partial charge in [-0.3, -0.25) is 9.09 Å². The van der Waals surface area contributed by atoms with Gasteiger partial charge >= 0.3 is 13.5 Å². The van der Waals surface area contributed by atoms with Gasteiger partial charge in [-0.25, -0.2) is 9.36 Å². The van der Waals surface area contributed by atoms with E-state index in [1.165, 1.54) is 30.3 Å². The first kappa shape index (κ1) is 23.1. The summed E-state index contributed by atoms with van der Waals surface area (Å²) in [5.74, 6) is 0.769. The molecule has 2 aromatic rings. The summed E-state index contributed by atoms with van der Waals surface area (Å²) in [6.45, 7) is 1.70. The number of hydrogen-bond donors (Lipinski definition) is 3. The van der Waals surface area contributed by atoms with Gasteiger partial charge in [-0.1, -0.05) is 39.0 Å². The van der Waals surface area contributed by atoms with Crippen LogP contribution in [0, 0.1) is 0 Å². The summed E-state index contributed by atoms with van der Waals surface area (Å²) < 4.78 is 27.8. The van der Waals surface area contributed by atoms with Gasteiger partial charge in [-0.15, -0.1) is 0 Å². The first-order valence-corrected chi connectivity index (χ1v) is 11.8. The van der Waals surface area contributed by atoms with Gasteiger partial charge in [0.15, 0.2) is 0 Å². The number of nitrogens with zero attached hydrogens (tertiary/aromatic N) is 2. The van der Waals surface area contributed by atoms with Gasteiger partial charge in [0.25, 0.3) is 0 Å². The molecular weight excluding hydrogens is 415 g/mol. The van der Waals surface area contributed by atoms with Gasteiger partial charge in [0.2, 0.25) is 5.71 Å². The Kier molecular flexibility index (Phi) is 7.84. The molecule has 2 aromatic heterocycles. The molecule has 1 aliphatic rings. The lowest BCUT2D eigenvalue weighted by Gasteiger charge is -2.16. The van der Waals surface area contributed by atoms with E-state index in [4.69, 9.17) is 18.9 Å². The Morgan fingerprint density at radius 3 is 2.73 bits per heavy atom. The largest absolute Gasteiger partial charge is 0.469 e. The Morgan fingerprint density at radius 2 is 2.00 bits per heavy atom. The number of hydrogen-bond acceptors (Lipinski definition) is 7. The molecule has 3 N–H and O–H groups in total. The second-order valence-electron chi connectivity index (χ2n) is 7.64. The van der Waals surface area contributed by atoms with Crippen LogP contribution in [0.4, 0.5) is 0 Å². The van der Waals surface area contributed by atoms with Crippen LogP contribution < -0.4 is 5.69 Å². The lowest BCUT2D eigenvalue weighted by atomic mass is 10.1. The molecule has 3 heterocycles. The number of aromatic nitrogens is 2. The molecule has 168 valence electrons. The van der Waals surface area contributed by atoms with Crippen molar-refractivity contribution in [2.75, 3.05) is 6.61 Å². The summed E-state index contributed by atoms with van der Waals surface area (Å²) in [6.07, 6.45) is 6.66. The lowest BCUT2D eigenvalue weighted by molar-refractivity contribution is -0.0449. The maximum Gasteiger partial charge on any atom is 0.469 e. The van der Waals surface area contributed by atoms with Crippen molar-refractivity contribution >= 4 is 18.9 Å². The van der Waals surface area contributed by atoms with Gasteiger partial charge in [0.05, 0.1) is 18.1 Å². The average molecular weight is 444 g/mol. The van der Waals surface area contributed by atoms with E-state index in [2.05, 4.69) is 16.4 Å². The molecule has 1 aliphatic heterocycles. The van der Waals surface area contributed by atoms with Crippen molar-refractivity contribution < 1.29 is 33.1 Å². The zero-order chi connectivity index (χ0) is 21.7. The number of fused-ring (bicyclic) bond motifs is 1. The highest BCUT2D eigenvalue weighted by molar-refractivity contribution is 7.46. The van der Waals surface area contributed by atoms with E-state index < -0.39 is 38.6 Å². The Morgan fingerprint density at radius 1 is 1.27 bits per heavy atom. The Bertz CT molecular complexity index is 936. The molecule has 0 saturated carbocycles. The van der Waals surface area contributed by atoms with Crippen LogP contribution in [0.15, 0.2) is 21.5 Å². The SMILES string of the molecule is CCCCCCCCc1cc2cn([C@H]3C[C@H](O)[C@@H](COP(=O)(O)O)O3)c(=O)nc2o1. The van der Waals surface area contributed by atoms with Crippen molar-refractivity contribution in [3.8, 4) is 0 Å². The third-order valence-electron chi connectivity index (χ3n) is 5.19. The number of aliphatic hydroxyl groups is 1. The molecule has 10 nitrogen and oxygen atoms in total. The highest BCUT2D eigenvalue weighted by Gasteiger charge is 2.37. The maximum atomic E-state index is 12.4. The zero-order valence-electron chi connectivity index (χ0n) is 17.0. The monoisotopic (exact) mass is 444 g/mol. The topological polar surface area (TPSA) is 144 Å². The molecule has 0 unspecified atom stereocenters. The van der Waals surface area contributed by atoms with Crippen LogP contribution >= 0.6 is 7.82 Å². The quantitative estimate of drug-likeness (QED) is 0.352. The van der Waals surface area contributed by atoms with Gasteiger partial charge in [0, 0.05) is 19.0 Å². The fraction of sp³-hybridized carbons (Fsp3) is 0.684. The summed E-state index contributed by atoms with van der Waals surface area (Å²) >= 11 is 0. The minimum absolute atomic E-state index is 0.0742. The van der Waals surface area contributed by atoms with Gasteiger partial charge in [0.1, 0.15) is 18.1 Å². The molecule has 0 amide bonds. The number of unbranched alkanes of at least 4 members (excludes halogenated alkanes) is 5. The molecule has 1 fully saturated rings. The Hall–Kier alpha value is -1.55.